The smallest absolute Gasteiger partial charge is 0.264 e. The van der Waals surface area contributed by atoms with Crippen molar-refractivity contribution >= 4 is 43.2 Å². The van der Waals surface area contributed by atoms with Crippen LogP contribution in [0.5, 0.6) is 5.75 Å². The van der Waals surface area contributed by atoms with Crippen LogP contribution in [0.25, 0.3) is 0 Å². The number of rotatable bonds is 11. The Morgan fingerprint density at radius 1 is 1.19 bits per heavy atom. The van der Waals surface area contributed by atoms with Crippen molar-refractivity contribution in [3.05, 3.63) is 70.3 Å². The summed E-state index contributed by atoms with van der Waals surface area (Å²) in [5.74, 6) is -0.958. The van der Waals surface area contributed by atoms with Crippen LogP contribution in [0.4, 0.5) is 5.69 Å². The average molecular weight is 722 g/mol. The number of hydrogen-bond acceptors (Lipinski definition) is 8. The number of halogens is 1. The van der Waals surface area contributed by atoms with Crippen molar-refractivity contribution in [2.24, 2.45) is 11.8 Å². The third kappa shape index (κ3) is 7.43. The van der Waals surface area contributed by atoms with Crippen LogP contribution in [0.15, 0.2) is 48.6 Å². The summed E-state index contributed by atoms with van der Waals surface area (Å²) in [6, 6.07) is 11.0. The summed E-state index contributed by atoms with van der Waals surface area (Å²) in [5.41, 5.74) is 1.22. The predicted molar refractivity (Wildman–Crippen MR) is 190 cm³/mol. The molecule has 0 saturated heterocycles. The van der Waals surface area contributed by atoms with E-state index < -0.39 is 48.0 Å². The highest BCUT2D eigenvalue weighted by molar-refractivity contribution is 7.90. The zero-order valence-electron chi connectivity index (χ0n) is 28.4. The van der Waals surface area contributed by atoms with Crippen LogP contribution in [0.3, 0.4) is 0 Å². The fourth-order valence-corrected chi connectivity index (χ4v) is 9.27. The lowest BCUT2D eigenvalue weighted by molar-refractivity contribution is -0.0293. The fraction of sp³-hybridized carbons (Fsp3) is 0.571. The Labute approximate surface area is 290 Å². The SMILES string of the molecule is CC/C=C/[C@@](O)(CS(=O)(=O)N(C)C)[C@@H]1CC[C@H]1CN1C[C@@]2(CCCc3cc(Cl)ccc32)COc2ccc(C(=O)NS(=O)(=O)C(C)C)cc21. The maximum absolute atomic E-state index is 13.2. The molecule has 5 rings (SSSR count). The van der Waals surface area contributed by atoms with Crippen molar-refractivity contribution in [1.29, 1.82) is 0 Å². The van der Waals surface area contributed by atoms with Gasteiger partial charge in [0, 0.05) is 43.2 Å². The van der Waals surface area contributed by atoms with Crippen LogP contribution < -0.4 is 14.4 Å². The van der Waals surface area contributed by atoms with Crippen LogP contribution in [0, 0.1) is 11.8 Å². The number of aryl methyl sites for hydroxylation is 1. The number of benzene rings is 2. The number of allylic oxidation sites excluding steroid dienone is 1. The number of carbonyl (C=O) groups excluding carboxylic acids is 1. The maximum Gasteiger partial charge on any atom is 0.264 e. The fourth-order valence-electron chi connectivity index (χ4n) is 7.31. The molecule has 3 aliphatic rings. The van der Waals surface area contributed by atoms with E-state index in [1.165, 1.54) is 39.1 Å². The molecule has 1 heterocycles. The summed E-state index contributed by atoms with van der Waals surface area (Å²) < 4.78 is 61.1. The van der Waals surface area contributed by atoms with E-state index in [1.807, 2.05) is 25.1 Å². The van der Waals surface area contributed by atoms with Crippen LogP contribution in [0.2, 0.25) is 5.02 Å². The van der Waals surface area contributed by atoms with Crippen LogP contribution in [-0.2, 0) is 31.9 Å². The number of fused-ring (bicyclic) bond motifs is 3. The normalized spacial score (nSPS) is 24.1. The molecule has 1 aliphatic heterocycles. The highest BCUT2D eigenvalue weighted by Gasteiger charge is 2.49. The molecular formula is C35H48ClN3O7S2. The highest BCUT2D eigenvalue weighted by Crippen LogP contribution is 2.48. The number of sulfonamides is 2. The van der Waals surface area contributed by atoms with Gasteiger partial charge in [0.05, 0.1) is 23.3 Å². The van der Waals surface area contributed by atoms with E-state index in [9.17, 15) is 26.7 Å². The molecule has 264 valence electrons. The summed E-state index contributed by atoms with van der Waals surface area (Å²) in [6.45, 7) is 6.38. The van der Waals surface area contributed by atoms with Crippen molar-refractivity contribution in [3.8, 4) is 5.75 Å². The predicted octanol–water partition coefficient (Wildman–Crippen LogP) is 4.90. The monoisotopic (exact) mass is 721 g/mol. The van der Waals surface area contributed by atoms with Gasteiger partial charge in [0.2, 0.25) is 20.0 Å². The number of ether oxygens (including phenoxy) is 1. The van der Waals surface area contributed by atoms with Gasteiger partial charge in [-0.15, -0.1) is 0 Å². The third-order valence-electron chi connectivity index (χ3n) is 10.3. The Morgan fingerprint density at radius 3 is 2.58 bits per heavy atom. The molecule has 10 nitrogen and oxygen atoms in total. The van der Waals surface area contributed by atoms with Gasteiger partial charge in [0.1, 0.15) is 11.4 Å². The number of anilines is 1. The molecule has 48 heavy (non-hydrogen) atoms. The molecule has 2 aromatic carbocycles. The average Bonchev–Trinajstić information content (AvgIpc) is 3.14. The minimum atomic E-state index is -3.86. The molecule has 2 aromatic rings. The largest absolute Gasteiger partial charge is 0.490 e. The number of nitrogens with zero attached hydrogens (tertiary/aromatic N) is 2. The van der Waals surface area contributed by atoms with E-state index in [0.717, 1.165) is 30.0 Å². The van der Waals surface area contributed by atoms with Gasteiger partial charge in [-0.2, -0.15) is 0 Å². The van der Waals surface area contributed by atoms with Crippen LogP contribution in [0.1, 0.15) is 74.4 Å². The Balaban J connectivity index is 1.55. The molecule has 2 N–H and O–H groups in total. The Kier molecular flexibility index (Phi) is 10.6. The molecule has 1 fully saturated rings. The molecular weight excluding hydrogens is 674 g/mol. The second-order valence-electron chi connectivity index (χ2n) is 14.1. The van der Waals surface area contributed by atoms with Gasteiger partial charge in [-0.25, -0.2) is 25.9 Å². The van der Waals surface area contributed by atoms with Gasteiger partial charge in [0.15, 0.2) is 0 Å². The van der Waals surface area contributed by atoms with E-state index in [-0.39, 0.29) is 17.4 Å². The number of hydrogen-bond donors (Lipinski definition) is 2. The minimum absolute atomic E-state index is 0.0658. The first kappa shape index (κ1) is 36.6. The molecule has 2 aliphatic carbocycles. The second-order valence-corrected chi connectivity index (χ2v) is 19.0. The van der Waals surface area contributed by atoms with Gasteiger partial charge in [-0.3, -0.25) is 4.79 Å². The molecule has 1 amide bonds. The quantitative estimate of drug-likeness (QED) is 0.314. The lowest BCUT2D eigenvalue weighted by Gasteiger charge is -2.49. The summed E-state index contributed by atoms with van der Waals surface area (Å²) in [5, 5.41) is 11.9. The summed E-state index contributed by atoms with van der Waals surface area (Å²) in [7, 11) is -4.63. The van der Waals surface area contributed by atoms with E-state index in [1.54, 1.807) is 24.3 Å². The first-order valence-electron chi connectivity index (χ1n) is 16.7. The molecule has 4 atom stereocenters. The van der Waals surface area contributed by atoms with Crippen molar-refractivity contribution < 1.29 is 31.5 Å². The molecule has 0 bridgehead atoms. The molecule has 0 unspecified atom stereocenters. The Morgan fingerprint density at radius 2 is 1.94 bits per heavy atom. The molecule has 0 radical (unpaired) electrons. The second kappa shape index (κ2) is 13.9. The molecule has 13 heteroatoms. The van der Waals surface area contributed by atoms with Gasteiger partial charge in [-0.1, -0.05) is 36.7 Å². The van der Waals surface area contributed by atoms with Crippen molar-refractivity contribution in [3.63, 3.8) is 0 Å². The van der Waals surface area contributed by atoms with E-state index >= 15 is 0 Å². The lowest BCUT2D eigenvalue weighted by atomic mass is 9.64. The van der Waals surface area contributed by atoms with Gasteiger partial charge < -0.3 is 14.7 Å². The van der Waals surface area contributed by atoms with Crippen molar-refractivity contribution in [2.75, 3.05) is 44.4 Å². The summed E-state index contributed by atoms with van der Waals surface area (Å²) >= 11 is 6.41. The van der Waals surface area contributed by atoms with Gasteiger partial charge in [-0.05, 0) is 106 Å². The highest BCUT2D eigenvalue weighted by atomic mass is 35.5. The van der Waals surface area contributed by atoms with Gasteiger partial charge in [0.25, 0.3) is 5.91 Å². The van der Waals surface area contributed by atoms with Crippen LogP contribution in [-0.4, -0.2) is 82.6 Å². The lowest BCUT2D eigenvalue weighted by Crippen LogP contribution is -2.55. The first-order valence-corrected chi connectivity index (χ1v) is 20.2. The van der Waals surface area contributed by atoms with Crippen LogP contribution >= 0.6 is 11.6 Å². The van der Waals surface area contributed by atoms with E-state index in [4.69, 9.17) is 16.3 Å². The minimum Gasteiger partial charge on any atom is -0.490 e. The summed E-state index contributed by atoms with van der Waals surface area (Å²) in [6.07, 6.45) is 8.30. The zero-order valence-corrected chi connectivity index (χ0v) is 30.8. The van der Waals surface area contributed by atoms with Crippen molar-refractivity contribution in [2.45, 2.75) is 75.6 Å². The van der Waals surface area contributed by atoms with Crippen molar-refractivity contribution in [1.82, 2.24) is 9.03 Å². The number of carbonyl (C=O) groups is 1. The van der Waals surface area contributed by atoms with Gasteiger partial charge >= 0.3 is 0 Å². The Bertz CT molecular complexity index is 1780. The molecule has 1 saturated carbocycles. The Hall–Kier alpha value is -2.64. The molecule has 1 spiro atoms. The first-order chi connectivity index (χ1) is 22.5. The van der Waals surface area contributed by atoms with E-state index in [0.29, 0.717) is 49.0 Å². The number of amides is 1. The molecule has 0 aromatic heterocycles. The van der Waals surface area contributed by atoms with E-state index in [2.05, 4.69) is 15.7 Å². The maximum atomic E-state index is 13.2. The third-order valence-corrected chi connectivity index (χ3v) is 14.2. The zero-order chi connectivity index (χ0) is 35.1. The number of aliphatic hydroxyl groups is 1. The standard InChI is InChI=1S/C35H48ClN3O7S2/c1-6-7-17-35(41,23-47(42,43)38(4)5)30-13-10-27(30)20-39-21-34(16-8-9-25-18-28(36)12-14-29(25)34)22-46-32-15-11-26(19-31(32)39)33(40)37-48(44,45)24(2)3/h7,11-12,14-15,17-19,24,27,30,41H,6,8-10,13,16,20-23H2,1-5H3,(H,37,40)/b17-7+/t27-,30+,34-,35+/m0/s1. The number of nitrogens with one attached hydrogen (secondary N) is 1. The summed E-state index contributed by atoms with van der Waals surface area (Å²) in [4.78, 5) is 15.4. The topological polar surface area (TPSA) is 133 Å².